The zero-order valence-corrected chi connectivity index (χ0v) is 21.2. The lowest BCUT2D eigenvalue weighted by Gasteiger charge is -2.32. The molecule has 2 aliphatic heterocycles. The molecule has 1 amide bonds. The highest BCUT2D eigenvalue weighted by atomic mass is 35.5. The molecule has 2 aromatic carbocycles. The average Bonchev–Trinajstić information content (AvgIpc) is 3.18. The summed E-state index contributed by atoms with van der Waals surface area (Å²) in [6.07, 6.45) is 2.30. The third kappa shape index (κ3) is 4.99. The number of anilines is 2. The first-order chi connectivity index (χ1) is 17.2. The lowest BCUT2D eigenvalue weighted by atomic mass is 9.98. The van der Waals surface area contributed by atoms with Gasteiger partial charge in [0.15, 0.2) is 0 Å². The van der Waals surface area contributed by atoms with Crippen molar-refractivity contribution in [3.63, 3.8) is 0 Å². The van der Waals surface area contributed by atoms with Gasteiger partial charge >= 0.3 is 0 Å². The fourth-order valence-electron chi connectivity index (χ4n) is 4.93. The SMILES string of the molecule is CC1(C)Cc2c(N)c(Cl)cc(C(=O)NC3CCN(CCNc4nc(O)c5ccccc5n4)CC3)c2O1. The second-order valence-corrected chi connectivity index (χ2v) is 10.5. The van der Waals surface area contributed by atoms with Crippen LogP contribution in [0.25, 0.3) is 10.9 Å². The quantitative estimate of drug-likeness (QED) is 0.371. The van der Waals surface area contributed by atoms with Gasteiger partial charge in [0.05, 0.1) is 27.2 Å². The number of aromatic nitrogens is 2. The van der Waals surface area contributed by atoms with Crippen molar-refractivity contribution >= 4 is 40.0 Å². The number of aromatic hydroxyl groups is 1. The van der Waals surface area contributed by atoms with Crippen LogP contribution in [0.1, 0.15) is 42.6 Å². The van der Waals surface area contributed by atoms with E-state index in [0.717, 1.165) is 38.0 Å². The van der Waals surface area contributed by atoms with Crippen LogP contribution in [0.15, 0.2) is 30.3 Å². The molecule has 3 heterocycles. The molecule has 0 atom stereocenters. The summed E-state index contributed by atoms with van der Waals surface area (Å²) in [5, 5.41) is 17.5. The van der Waals surface area contributed by atoms with Gasteiger partial charge in [-0.2, -0.15) is 4.98 Å². The summed E-state index contributed by atoms with van der Waals surface area (Å²) < 4.78 is 6.06. The predicted molar refractivity (Wildman–Crippen MR) is 141 cm³/mol. The van der Waals surface area contributed by atoms with Crippen LogP contribution >= 0.6 is 11.6 Å². The molecule has 1 saturated heterocycles. The number of rotatable bonds is 6. The fourth-order valence-corrected chi connectivity index (χ4v) is 5.15. The molecule has 0 spiro atoms. The summed E-state index contributed by atoms with van der Waals surface area (Å²) in [6, 6.07) is 9.05. The molecule has 9 nitrogen and oxygen atoms in total. The number of nitrogens with two attached hydrogens (primary N) is 1. The maximum atomic E-state index is 13.1. The number of likely N-dealkylation sites (tertiary alicyclic amines) is 1. The van der Waals surface area contributed by atoms with E-state index in [1.165, 1.54) is 0 Å². The number of carbonyl (C=O) groups is 1. The van der Waals surface area contributed by atoms with Crippen molar-refractivity contribution in [1.29, 1.82) is 0 Å². The Bertz CT molecular complexity index is 1310. The summed E-state index contributed by atoms with van der Waals surface area (Å²) >= 11 is 6.33. The zero-order valence-electron chi connectivity index (χ0n) is 20.5. The van der Waals surface area contributed by atoms with E-state index in [4.69, 9.17) is 22.1 Å². The molecule has 0 saturated carbocycles. The van der Waals surface area contributed by atoms with Crippen LogP contribution in [0.2, 0.25) is 5.02 Å². The first-order valence-electron chi connectivity index (χ1n) is 12.2. The maximum absolute atomic E-state index is 13.1. The van der Waals surface area contributed by atoms with Gasteiger partial charge in [-0.3, -0.25) is 4.79 Å². The largest absolute Gasteiger partial charge is 0.493 e. The van der Waals surface area contributed by atoms with Crippen LogP contribution in [0.5, 0.6) is 11.6 Å². The minimum Gasteiger partial charge on any atom is -0.493 e. The lowest BCUT2D eigenvalue weighted by molar-refractivity contribution is 0.0899. The van der Waals surface area contributed by atoms with Crippen LogP contribution < -0.4 is 21.1 Å². The maximum Gasteiger partial charge on any atom is 0.255 e. The number of fused-ring (bicyclic) bond motifs is 2. The fraction of sp³-hybridized carbons (Fsp3) is 0.423. The lowest BCUT2D eigenvalue weighted by Crippen LogP contribution is -2.45. The summed E-state index contributed by atoms with van der Waals surface area (Å²) in [6.45, 7) is 7.13. The Kier molecular flexibility index (Phi) is 6.53. The van der Waals surface area contributed by atoms with Gasteiger partial charge in [0.2, 0.25) is 11.8 Å². The number of hydrogen-bond acceptors (Lipinski definition) is 8. The van der Waals surface area contributed by atoms with Crippen LogP contribution in [0.3, 0.4) is 0 Å². The first kappa shape index (κ1) is 24.4. The van der Waals surface area contributed by atoms with E-state index in [-0.39, 0.29) is 17.8 Å². The second kappa shape index (κ2) is 9.63. The molecule has 1 fully saturated rings. The summed E-state index contributed by atoms with van der Waals surface area (Å²) in [5.74, 6) is 0.749. The molecule has 0 aliphatic carbocycles. The molecule has 3 aromatic rings. The van der Waals surface area contributed by atoms with Crippen LogP contribution in [-0.4, -0.2) is 63.7 Å². The van der Waals surface area contributed by atoms with Gasteiger partial charge in [-0.1, -0.05) is 23.7 Å². The van der Waals surface area contributed by atoms with Crippen molar-refractivity contribution in [3.05, 3.63) is 46.5 Å². The normalized spacial score (nSPS) is 17.5. The Morgan fingerprint density at radius 3 is 2.81 bits per heavy atom. The molecule has 0 unspecified atom stereocenters. The van der Waals surface area contributed by atoms with Crippen molar-refractivity contribution in [2.24, 2.45) is 0 Å². The van der Waals surface area contributed by atoms with Crippen molar-refractivity contribution in [2.45, 2.75) is 44.8 Å². The van der Waals surface area contributed by atoms with Crippen LogP contribution in [-0.2, 0) is 6.42 Å². The van der Waals surface area contributed by atoms with Crippen molar-refractivity contribution in [1.82, 2.24) is 20.2 Å². The number of nitrogens with zero attached hydrogens (tertiary/aromatic N) is 3. The van der Waals surface area contributed by atoms with E-state index < -0.39 is 5.60 Å². The van der Waals surface area contributed by atoms with Gasteiger partial charge in [-0.15, -0.1) is 0 Å². The third-order valence-electron chi connectivity index (χ3n) is 6.81. The van der Waals surface area contributed by atoms with E-state index >= 15 is 0 Å². The molecule has 10 heteroatoms. The number of nitrogens with one attached hydrogen (secondary N) is 2. The monoisotopic (exact) mass is 510 g/mol. The van der Waals surface area contributed by atoms with Gasteiger partial charge in [0, 0.05) is 44.2 Å². The molecular formula is C26H31ClN6O3. The molecule has 36 heavy (non-hydrogen) atoms. The number of halogens is 1. The molecular weight excluding hydrogens is 480 g/mol. The number of amides is 1. The highest BCUT2D eigenvalue weighted by Gasteiger charge is 2.36. The molecule has 5 rings (SSSR count). The van der Waals surface area contributed by atoms with Gasteiger partial charge in [-0.25, -0.2) is 4.98 Å². The first-order valence-corrected chi connectivity index (χ1v) is 12.6. The van der Waals surface area contributed by atoms with Crippen LogP contribution in [0.4, 0.5) is 11.6 Å². The highest BCUT2D eigenvalue weighted by molar-refractivity contribution is 6.33. The number of ether oxygens (including phenoxy) is 1. The molecule has 190 valence electrons. The van der Waals surface area contributed by atoms with Crippen molar-refractivity contribution < 1.29 is 14.6 Å². The Balaban J connectivity index is 1.13. The Morgan fingerprint density at radius 2 is 2.03 bits per heavy atom. The number of nitrogen functional groups attached to an aromatic ring is 1. The van der Waals surface area contributed by atoms with Crippen molar-refractivity contribution in [2.75, 3.05) is 37.2 Å². The van der Waals surface area contributed by atoms with Gasteiger partial charge < -0.3 is 31.1 Å². The van der Waals surface area contributed by atoms with Gasteiger partial charge in [0.1, 0.15) is 11.4 Å². The minimum absolute atomic E-state index is 0.0262. The molecule has 0 bridgehead atoms. The van der Waals surface area contributed by atoms with Crippen molar-refractivity contribution in [3.8, 4) is 11.6 Å². The number of piperidine rings is 1. The Morgan fingerprint density at radius 1 is 1.28 bits per heavy atom. The standard InChI is InChI=1S/C26H31ClN6O3/c1-26(2)14-18-21(28)19(27)13-17(22(18)36-26)24(35)30-15-7-10-33(11-8-15)12-9-29-25-31-20-6-4-3-5-16(20)23(34)32-25/h3-6,13,15H,7-12,14,28H2,1-2H3,(H,30,35)(H2,29,31,32,34). The second-order valence-electron chi connectivity index (χ2n) is 10.1. The minimum atomic E-state index is -0.424. The van der Waals surface area contributed by atoms with Crippen LogP contribution in [0, 0.1) is 0 Å². The number of hydrogen-bond donors (Lipinski definition) is 4. The smallest absolute Gasteiger partial charge is 0.255 e. The molecule has 1 aromatic heterocycles. The molecule has 2 aliphatic rings. The van der Waals surface area contributed by atoms with E-state index in [2.05, 4.69) is 25.5 Å². The van der Waals surface area contributed by atoms with Gasteiger partial charge in [-0.05, 0) is 44.9 Å². The predicted octanol–water partition coefficient (Wildman–Crippen LogP) is 3.59. The summed E-state index contributed by atoms with van der Waals surface area (Å²) in [4.78, 5) is 24.1. The highest BCUT2D eigenvalue weighted by Crippen LogP contribution is 2.44. The molecule has 5 N–H and O–H groups in total. The number of para-hydroxylation sites is 1. The Hall–Kier alpha value is -3.30. The van der Waals surface area contributed by atoms with E-state index in [1.54, 1.807) is 12.1 Å². The molecule has 0 radical (unpaired) electrons. The number of benzene rings is 2. The van der Waals surface area contributed by atoms with E-state index in [1.807, 2.05) is 32.0 Å². The summed E-state index contributed by atoms with van der Waals surface area (Å²) in [5.41, 5.74) is 8.17. The average molecular weight is 511 g/mol. The van der Waals surface area contributed by atoms with Gasteiger partial charge in [0.25, 0.3) is 5.91 Å². The number of carbonyl (C=O) groups excluding carboxylic acids is 1. The topological polar surface area (TPSA) is 126 Å². The van der Waals surface area contributed by atoms with E-state index in [0.29, 0.717) is 51.8 Å². The zero-order chi connectivity index (χ0) is 25.4. The Labute approximate surface area is 215 Å². The summed E-state index contributed by atoms with van der Waals surface area (Å²) in [7, 11) is 0. The van der Waals surface area contributed by atoms with E-state index in [9.17, 15) is 9.90 Å². The third-order valence-corrected chi connectivity index (χ3v) is 7.13.